The molecular weight excluding hydrogens is 276 g/mol. The Bertz CT molecular complexity index is 526. The number of carbonyl (C=O) groups excluding carboxylic acids is 1. The molecule has 0 aromatic rings. The van der Waals surface area contributed by atoms with Crippen molar-refractivity contribution in [2.45, 2.75) is 30.6 Å². The summed E-state index contributed by atoms with van der Waals surface area (Å²) in [6.07, 6.45) is 0.0359. The maximum absolute atomic E-state index is 11.7. The highest BCUT2D eigenvalue weighted by Crippen LogP contribution is 2.19. The van der Waals surface area contributed by atoms with Crippen molar-refractivity contribution < 1.29 is 28.0 Å². The summed E-state index contributed by atoms with van der Waals surface area (Å²) in [6.45, 7) is 0.0312. The minimum Gasteiger partial charge on any atom is -0.477 e. The lowest BCUT2D eigenvalue weighted by atomic mass is 10.1. The van der Waals surface area contributed by atoms with Crippen LogP contribution in [0.4, 0.5) is 0 Å². The Morgan fingerprint density at radius 3 is 2.74 bits per heavy atom. The van der Waals surface area contributed by atoms with Gasteiger partial charge in [0, 0.05) is 13.0 Å². The minimum absolute atomic E-state index is 0.0312. The average Bonchev–Trinajstić information content (AvgIpc) is 2.92. The van der Waals surface area contributed by atoms with Crippen molar-refractivity contribution in [3.05, 3.63) is 0 Å². The minimum atomic E-state index is -3.11. The molecule has 9 heteroatoms. The van der Waals surface area contributed by atoms with Gasteiger partial charge in [0.05, 0.1) is 11.0 Å². The molecule has 2 aliphatic heterocycles. The Kier molecular flexibility index (Phi) is 3.74. The highest BCUT2D eigenvalue weighted by atomic mass is 32.2. The zero-order valence-corrected chi connectivity index (χ0v) is 10.9. The quantitative estimate of drug-likeness (QED) is 0.678. The second-order valence-corrected chi connectivity index (χ2v) is 6.92. The van der Waals surface area contributed by atoms with E-state index in [0.29, 0.717) is 12.8 Å². The zero-order valence-electron chi connectivity index (χ0n) is 10.0. The maximum Gasteiger partial charge on any atom is 0.353 e. The summed E-state index contributed by atoms with van der Waals surface area (Å²) in [4.78, 5) is 27.0. The number of carbonyl (C=O) groups is 2. The van der Waals surface area contributed by atoms with E-state index in [4.69, 9.17) is 9.94 Å². The van der Waals surface area contributed by atoms with Gasteiger partial charge in [-0.2, -0.15) is 0 Å². The summed E-state index contributed by atoms with van der Waals surface area (Å²) in [6, 6.07) is 0. The van der Waals surface area contributed by atoms with E-state index in [0.717, 1.165) is 0 Å². The van der Waals surface area contributed by atoms with Crippen LogP contribution in [0.3, 0.4) is 0 Å². The number of nitrogens with one attached hydrogen (secondary N) is 1. The fraction of sp³-hybridized carbons (Fsp3) is 0.700. The predicted octanol–water partition coefficient (Wildman–Crippen LogP) is -1.09. The molecule has 2 aliphatic rings. The third kappa shape index (κ3) is 3.03. The number of nitrogens with zero attached hydrogens (tertiary/aromatic N) is 1. The van der Waals surface area contributed by atoms with Crippen LogP contribution in [0.2, 0.25) is 0 Å². The number of carboxylic acid groups (broad SMARTS) is 1. The molecule has 0 saturated carbocycles. The molecule has 19 heavy (non-hydrogen) atoms. The van der Waals surface area contributed by atoms with Crippen LogP contribution < -0.4 is 5.32 Å². The van der Waals surface area contributed by atoms with Gasteiger partial charge in [-0.05, 0) is 12.8 Å². The van der Waals surface area contributed by atoms with Crippen LogP contribution >= 0.6 is 0 Å². The fourth-order valence-electron chi connectivity index (χ4n) is 2.06. The van der Waals surface area contributed by atoms with Crippen LogP contribution in [0.5, 0.6) is 0 Å². The first-order valence-electron chi connectivity index (χ1n) is 5.85. The summed E-state index contributed by atoms with van der Waals surface area (Å²) in [7, 11) is -3.11. The Hall–Kier alpha value is -1.64. The van der Waals surface area contributed by atoms with Gasteiger partial charge in [-0.3, -0.25) is 4.79 Å². The highest BCUT2D eigenvalue weighted by molar-refractivity contribution is 7.92. The normalized spacial score (nSPS) is 28.5. The largest absolute Gasteiger partial charge is 0.477 e. The van der Waals surface area contributed by atoms with Crippen LogP contribution in [-0.2, 0) is 24.3 Å². The van der Waals surface area contributed by atoms with E-state index in [1.807, 2.05) is 0 Å². The average molecular weight is 290 g/mol. The molecule has 1 fully saturated rings. The molecule has 0 aromatic heterocycles. The molecule has 0 spiro atoms. The van der Waals surface area contributed by atoms with Crippen molar-refractivity contribution in [1.82, 2.24) is 5.32 Å². The molecule has 1 saturated heterocycles. The number of rotatable bonds is 4. The molecule has 2 unspecified atom stereocenters. The Balaban J connectivity index is 1.82. The van der Waals surface area contributed by atoms with Gasteiger partial charge in [0.2, 0.25) is 6.10 Å². The third-order valence-corrected chi connectivity index (χ3v) is 5.45. The monoisotopic (exact) mass is 290 g/mol. The molecule has 8 nitrogen and oxygen atoms in total. The molecule has 0 radical (unpaired) electrons. The molecule has 106 valence electrons. The zero-order chi connectivity index (χ0) is 14.0. The first-order chi connectivity index (χ1) is 8.90. The van der Waals surface area contributed by atoms with Gasteiger partial charge in [0.25, 0.3) is 5.91 Å². The summed E-state index contributed by atoms with van der Waals surface area (Å²) in [5.41, 5.74) is -0.214. The summed E-state index contributed by atoms with van der Waals surface area (Å²) >= 11 is 0. The number of carboxylic acids is 1. The van der Waals surface area contributed by atoms with Gasteiger partial charge in [-0.15, -0.1) is 0 Å². The predicted molar refractivity (Wildman–Crippen MR) is 64.4 cm³/mol. The number of oxime groups is 1. The van der Waals surface area contributed by atoms with Crippen molar-refractivity contribution in [3.63, 3.8) is 0 Å². The lowest BCUT2D eigenvalue weighted by Crippen LogP contribution is -2.40. The lowest BCUT2D eigenvalue weighted by Gasteiger charge is -2.12. The van der Waals surface area contributed by atoms with Gasteiger partial charge < -0.3 is 15.3 Å². The molecule has 1 amide bonds. The molecule has 2 atom stereocenters. The maximum atomic E-state index is 11.7. The number of hydrogen-bond acceptors (Lipinski definition) is 6. The van der Waals surface area contributed by atoms with Crippen LogP contribution in [0.15, 0.2) is 5.16 Å². The van der Waals surface area contributed by atoms with Gasteiger partial charge in [-0.1, -0.05) is 5.16 Å². The van der Waals surface area contributed by atoms with Crippen molar-refractivity contribution in [2.24, 2.45) is 5.16 Å². The van der Waals surface area contributed by atoms with Gasteiger partial charge >= 0.3 is 5.97 Å². The molecule has 2 rings (SSSR count). The molecular formula is C10H14N2O6S. The van der Waals surface area contributed by atoms with Crippen molar-refractivity contribution >= 4 is 27.4 Å². The lowest BCUT2D eigenvalue weighted by molar-refractivity contribution is -0.131. The van der Waals surface area contributed by atoms with Gasteiger partial charge in [-0.25, -0.2) is 13.2 Å². The van der Waals surface area contributed by atoms with Crippen molar-refractivity contribution in [3.8, 4) is 0 Å². The van der Waals surface area contributed by atoms with Crippen molar-refractivity contribution in [1.29, 1.82) is 0 Å². The van der Waals surface area contributed by atoms with Crippen LogP contribution in [0, 0.1) is 0 Å². The molecule has 2 heterocycles. The SMILES string of the molecule is O=C(O)C1=NOC(C(=O)NCC2CCCS2(=O)=O)C1. The van der Waals surface area contributed by atoms with Crippen LogP contribution in [-0.4, -0.2) is 54.8 Å². The number of hydrogen-bond donors (Lipinski definition) is 2. The third-order valence-electron chi connectivity index (χ3n) is 3.17. The number of sulfone groups is 1. The van der Waals surface area contributed by atoms with E-state index in [1.54, 1.807) is 0 Å². The molecule has 2 N–H and O–H groups in total. The highest BCUT2D eigenvalue weighted by Gasteiger charge is 2.34. The summed E-state index contributed by atoms with van der Waals surface area (Å²) in [5.74, 6) is -1.62. The number of amides is 1. The van der Waals surface area contributed by atoms with E-state index in [2.05, 4.69) is 10.5 Å². The Morgan fingerprint density at radius 2 is 2.21 bits per heavy atom. The Labute approximate surface area is 109 Å². The molecule has 0 aromatic carbocycles. The fourth-order valence-corrected chi connectivity index (χ4v) is 3.83. The second kappa shape index (κ2) is 5.16. The van der Waals surface area contributed by atoms with E-state index < -0.39 is 33.1 Å². The smallest absolute Gasteiger partial charge is 0.353 e. The first-order valence-corrected chi connectivity index (χ1v) is 7.57. The van der Waals surface area contributed by atoms with E-state index in [-0.39, 0.29) is 24.4 Å². The van der Waals surface area contributed by atoms with Crippen LogP contribution in [0.25, 0.3) is 0 Å². The van der Waals surface area contributed by atoms with E-state index >= 15 is 0 Å². The number of aliphatic carboxylic acids is 1. The Morgan fingerprint density at radius 1 is 1.47 bits per heavy atom. The van der Waals surface area contributed by atoms with Gasteiger partial charge in [0.15, 0.2) is 15.5 Å². The first kappa shape index (κ1) is 13.8. The van der Waals surface area contributed by atoms with E-state index in [9.17, 15) is 18.0 Å². The van der Waals surface area contributed by atoms with E-state index in [1.165, 1.54) is 0 Å². The molecule has 0 bridgehead atoms. The van der Waals surface area contributed by atoms with Crippen molar-refractivity contribution in [2.75, 3.05) is 12.3 Å². The topological polar surface area (TPSA) is 122 Å². The summed E-state index contributed by atoms with van der Waals surface area (Å²) < 4.78 is 23.1. The summed E-state index contributed by atoms with van der Waals surface area (Å²) in [5, 5.41) is 13.9. The molecule has 0 aliphatic carbocycles. The van der Waals surface area contributed by atoms with Gasteiger partial charge in [0.1, 0.15) is 0 Å². The van der Waals surface area contributed by atoms with Crippen LogP contribution in [0.1, 0.15) is 19.3 Å². The standard InChI is InChI=1S/C10H14N2O6S/c13-9(8-4-7(10(14)15)12-18-8)11-5-6-2-1-3-19(6,16)17/h6,8H,1-5H2,(H,11,13)(H,14,15). The second-order valence-electron chi connectivity index (χ2n) is 4.52.